The van der Waals surface area contributed by atoms with E-state index < -0.39 is 0 Å². The standard InChI is InChI=1S/C24H34N6O2/c1-2-25-24(27-17-21-18-32-22(28-21)19-7-4-3-5-8-19)26-11-12-29-13-15-30(16-14-29)23(31)20-9-6-10-20/h3-5,7-8,18,20H,2,6,9-17H2,1H3,(H2,25,26,27). The summed E-state index contributed by atoms with van der Waals surface area (Å²) in [6.07, 6.45) is 5.04. The average molecular weight is 439 g/mol. The van der Waals surface area contributed by atoms with Crippen LogP contribution in [0.2, 0.25) is 0 Å². The average Bonchev–Trinajstić information content (AvgIpc) is 3.26. The van der Waals surface area contributed by atoms with Gasteiger partial charge in [-0.15, -0.1) is 0 Å². The number of nitrogens with zero attached hydrogens (tertiary/aromatic N) is 4. The van der Waals surface area contributed by atoms with Crippen LogP contribution in [0.3, 0.4) is 0 Å². The highest BCUT2D eigenvalue weighted by molar-refractivity contribution is 5.80. The Morgan fingerprint density at radius 2 is 1.94 bits per heavy atom. The van der Waals surface area contributed by atoms with Crippen molar-refractivity contribution in [2.75, 3.05) is 45.8 Å². The Bertz CT molecular complexity index is 885. The predicted molar refractivity (Wildman–Crippen MR) is 125 cm³/mol. The van der Waals surface area contributed by atoms with E-state index in [1.807, 2.05) is 30.3 Å². The van der Waals surface area contributed by atoms with Crippen LogP contribution in [-0.2, 0) is 11.3 Å². The number of aromatic nitrogens is 1. The van der Waals surface area contributed by atoms with Crippen molar-refractivity contribution in [2.24, 2.45) is 10.9 Å². The van der Waals surface area contributed by atoms with E-state index in [1.165, 1.54) is 6.42 Å². The van der Waals surface area contributed by atoms with Crippen molar-refractivity contribution >= 4 is 11.9 Å². The first kappa shape index (κ1) is 22.3. The summed E-state index contributed by atoms with van der Waals surface area (Å²) < 4.78 is 5.60. The molecule has 4 rings (SSSR count). The number of guanidine groups is 1. The Hall–Kier alpha value is -2.87. The van der Waals surface area contributed by atoms with Gasteiger partial charge in [0.25, 0.3) is 0 Å². The number of aliphatic imine (C=N–C) groups is 1. The minimum absolute atomic E-state index is 0.301. The third-order valence-corrected chi connectivity index (χ3v) is 6.17. The molecule has 2 heterocycles. The Kier molecular flexibility index (Phi) is 7.77. The summed E-state index contributed by atoms with van der Waals surface area (Å²) in [5.74, 6) is 2.06. The summed E-state index contributed by atoms with van der Waals surface area (Å²) in [6.45, 7) is 8.60. The summed E-state index contributed by atoms with van der Waals surface area (Å²) in [6, 6.07) is 9.87. The van der Waals surface area contributed by atoms with Gasteiger partial charge in [-0.25, -0.2) is 9.98 Å². The number of hydrogen-bond acceptors (Lipinski definition) is 5. The van der Waals surface area contributed by atoms with Crippen molar-refractivity contribution in [3.63, 3.8) is 0 Å². The summed E-state index contributed by atoms with van der Waals surface area (Å²) in [5.41, 5.74) is 1.76. The fourth-order valence-corrected chi connectivity index (χ4v) is 4.03. The lowest BCUT2D eigenvalue weighted by Crippen LogP contribution is -2.52. The van der Waals surface area contributed by atoms with Crippen LogP contribution in [0.25, 0.3) is 11.5 Å². The van der Waals surface area contributed by atoms with Gasteiger partial charge in [-0.2, -0.15) is 0 Å². The normalized spacial score (nSPS) is 17.8. The van der Waals surface area contributed by atoms with Gasteiger partial charge in [-0.3, -0.25) is 9.69 Å². The zero-order chi connectivity index (χ0) is 22.2. The van der Waals surface area contributed by atoms with E-state index in [0.29, 0.717) is 24.3 Å². The predicted octanol–water partition coefficient (Wildman–Crippen LogP) is 2.34. The van der Waals surface area contributed by atoms with Crippen molar-refractivity contribution in [2.45, 2.75) is 32.7 Å². The molecule has 8 heteroatoms. The third kappa shape index (κ3) is 5.88. The zero-order valence-electron chi connectivity index (χ0n) is 18.9. The Morgan fingerprint density at radius 1 is 1.16 bits per heavy atom. The summed E-state index contributed by atoms with van der Waals surface area (Å²) in [7, 11) is 0. The number of nitrogens with one attached hydrogen (secondary N) is 2. The van der Waals surface area contributed by atoms with Gasteiger partial charge >= 0.3 is 0 Å². The number of amides is 1. The molecule has 0 bridgehead atoms. The van der Waals surface area contributed by atoms with Crippen molar-refractivity contribution in [1.29, 1.82) is 0 Å². The van der Waals surface area contributed by atoms with Gasteiger partial charge in [0, 0.05) is 57.3 Å². The van der Waals surface area contributed by atoms with Gasteiger partial charge in [0.2, 0.25) is 11.8 Å². The maximum absolute atomic E-state index is 12.4. The highest BCUT2D eigenvalue weighted by atomic mass is 16.3. The van der Waals surface area contributed by atoms with Gasteiger partial charge in [0.1, 0.15) is 12.0 Å². The number of carbonyl (C=O) groups excluding carboxylic acids is 1. The molecular formula is C24H34N6O2. The van der Waals surface area contributed by atoms with Crippen LogP contribution < -0.4 is 10.6 Å². The smallest absolute Gasteiger partial charge is 0.226 e. The third-order valence-electron chi connectivity index (χ3n) is 6.17. The molecular weight excluding hydrogens is 404 g/mol. The molecule has 0 atom stereocenters. The van der Waals surface area contributed by atoms with Crippen LogP contribution in [-0.4, -0.2) is 72.5 Å². The molecule has 1 aliphatic carbocycles. The quantitative estimate of drug-likeness (QED) is 0.486. The first-order chi connectivity index (χ1) is 15.7. The van der Waals surface area contributed by atoms with E-state index in [4.69, 9.17) is 4.42 Å². The molecule has 172 valence electrons. The molecule has 1 aromatic heterocycles. The van der Waals surface area contributed by atoms with Crippen LogP contribution in [0.4, 0.5) is 0 Å². The number of oxazole rings is 1. The molecule has 1 saturated carbocycles. The maximum atomic E-state index is 12.4. The SMILES string of the molecule is CCNC(=NCc1coc(-c2ccccc2)n1)NCCN1CCN(C(=O)C2CCC2)CC1. The Labute approximate surface area is 190 Å². The fourth-order valence-electron chi connectivity index (χ4n) is 4.03. The molecule has 2 aliphatic rings. The maximum Gasteiger partial charge on any atom is 0.226 e. The molecule has 0 unspecified atom stereocenters. The monoisotopic (exact) mass is 438 g/mol. The molecule has 1 saturated heterocycles. The van der Waals surface area contributed by atoms with Gasteiger partial charge in [-0.05, 0) is 31.9 Å². The number of rotatable bonds is 8. The molecule has 1 amide bonds. The molecule has 0 spiro atoms. The van der Waals surface area contributed by atoms with E-state index in [2.05, 4.69) is 37.3 Å². The van der Waals surface area contributed by atoms with E-state index in [1.54, 1.807) is 6.26 Å². The topological polar surface area (TPSA) is 86.0 Å². The summed E-state index contributed by atoms with van der Waals surface area (Å²) in [5, 5.41) is 6.69. The van der Waals surface area contributed by atoms with Crippen LogP contribution >= 0.6 is 0 Å². The fraction of sp³-hybridized carbons (Fsp3) is 0.542. The van der Waals surface area contributed by atoms with Crippen molar-refractivity contribution in [3.8, 4) is 11.5 Å². The van der Waals surface area contributed by atoms with Crippen molar-refractivity contribution < 1.29 is 9.21 Å². The zero-order valence-corrected chi connectivity index (χ0v) is 18.9. The summed E-state index contributed by atoms with van der Waals surface area (Å²) >= 11 is 0. The lowest BCUT2D eigenvalue weighted by atomic mass is 9.84. The first-order valence-electron chi connectivity index (χ1n) is 11.8. The Balaban J connectivity index is 1.20. The molecule has 0 radical (unpaired) electrons. The van der Waals surface area contributed by atoms with Gasteiger partial charge in [0.15, 0.2) is 5.96 Å². The molecule has 2 fully saturated rings. The van der Waals surface area contributed by atoms with E-state index in [9.17, 15) is 4.79 Å². The largest absolute Gasteiger partial charge is 0.444 e. The van der Waals surface area contributed by atoms with Gasteiger partial charge in [0.05, 0.1) is 6.54 Å². The highest BCUT2D eigenvalue weighted by Crippen LogP contribution is 2.28. The lowest BCUT2D eigenvalue weighted by Gasteiger charge is -2.38. The number of piperazine rings is 1. The molecule has 32 heavy (non-hydrogen) atoms. The van der Waals surface area contributed by atoms with Crippen LogP contribution in [0.15, 0.2) is 46.0 Å². The van der Waals surface area contributed by atoms with E-state index in [0.717, 1.165) is 75.9 Å². The van der Waals surface area contributed by atoms with Crippen LogP contribution in [0.1, 0.15) is 31.9 Å². The molecule has 1 aliphatic heterocycles. The van der Waals surface area contributed by atoms with Gasteiger partial charge in [-0.1, -0.05) is 24.6 Å². The van der Waals surface area contributed by atoms with Crippen LogP contribution in [0.5, 0.6) is 0 Å². The minimum atomic E-state index is 0.301. The molecule has 8 nitrogen and oxygen atoms in total. The first-order valence-corrected chi connectivity index (χ1v) is 11.8. The minimum Gasteiger partial charge on any atom is -0.444 e. The number of hydrogen-bond donors (Lipinski definition) is 2. The molecule has 2 aromatic rings. The number of carbonyl (C=O) groups is 1. The highest BCUT2D eigenvalue weighted by Gasteiger charge is 2.30. The van der Waals surface area contributed by atoms with Crippen molar-refractivity contribution in [3.05, 3.63) is 42.3 Å². The van der Waals surface area contributed by atoms with Crippen molar-refractivity contribution in [1.82, 2.24) is 25.4 Å². The lowest BCUT2D eigenvalue weighted by molar-refractivity contribution is -0.139. The second-order valence-electron chi connectivity index (χ2n) is 8.43. The van der Waals surface area contributed by atoms with Gasteiger partial charge < -0.3 is 20.0 Å². The van der Waals surface area contributed by atoms with Crippen LogP contribution in [0, 0.1) is 5.92 Å². The second-order valence-corrected chi connectivity index (χ2v) is 8.43. The second kappa shape index (κ2) is 11.1. The van der Waals surface area contributed by atoms with E-state index >= 15 is 0 Å². The van der Waals surface area contributed by atoms with E-state index in [-0.39, 0.29) is 0 Å². The molecule has 2 N–H and O–H groups in total. The summed E-state index contributed by atoms with van der Waals surface area (Å²) in [4.78, 5) is 26.0. The Morgan fingerprint density at radius 3 is 2.62 bits per heavy atom. The molecule has 1 aromatic carbocycles. The number of benzene rings is 1.